The summed E-state index contributed by atoms with van der Waals surface area (Å²) in [5, 5.41) is 16.3. The van der Waals surface area contributed by atoms with E-state index in [2.05, 4.69) is 10.1 Å². The van der Waals surface area contributed by atoms with Gasteiger partial charge in [-0.3, -0.25) is 19.7 Å². The number of hydrogen-bond acceptors (Lipinski definition) is 5. The molecule has 31 heavy (non-hydrogen) atoms. The van der Waals surface area contributed by atoms with Gasteiger partial charge in [-0.05, 0) is 23.8 Å². The smallest absolute Gasteiger partial charge is 0.313 e. The molecule has 2 aromatic carbocycles. The first-order chi connectivity index (χ1) is 15.2. The number of hydrogen-bond donors (Lipinski definition) is 0. The minimum Gasteiger partial charge on any atom is -0.480 e. The highest BCUT2D eigenvalue weighted by molar-refractivity contribution is 5.68. The highest BCUT2D eigenvalue weighted by atomic mass is 16.6. The van der Waals surface area contributed by atoms with Crippen molar-refractivity contribution < 1.29 is 9.66 Å². The van der Waals surface area contributed by atoms with Crippen molar-refractivity contribution >= 4 is 11.3 Å². The molecule has 0 radical (unpaired) electrons. The van der Waals surface area contributed by atoms with Gasteiger partial charge in [0.2, 0.25) is 5.75 Å². The number of nitrogens with zero attached hydrogens (tertiary/aromatic N) is 5. The Hall–Kier alpha value is -4.46. The van der Waals surface area contributed by atoms with Gasteiger partial charge in [0.1, 0.15) is 12.3 Å². The number of nitro benzene ring substituents is 1. The molecule has 5 aromatic rings. The van der Waals surface area contributed by atoms with Crippen molar-refractivity contribution in [1.82, 2.24) is 19.2 Å². The van der Waals surface area contributed by atoms with Crippen molar-refractivity contribution in [1.29, 1.82) is 0 Å². The third-order valence-corrected chi connectivity index (χ3v) is 4.93. The summed E-state index contributed by atoms with van der Waals surface area (Å²) in [7, 11) is 0. The van der Waals surface area contributed by atoms with Crippen LogP contribution >= 0.6 is 0 Å². The molecule has 0 saturated carbocycles. The number of benzene rings is 2. The lowest BCUT2D eigenvalue weighted by atomic mass is 10.2. The lowest BCUT2D eigenvalue weighted by molar-refractivity contribution is -0.385. The Balaban J connectivity index is 1.59. The number of imidazole rings is 1. The van der Waals surface area contributed by atoms with Crippen molar-refractivity contribution in [3.05, 3.63) is 107 Å². The molecule has 0 spiro atoms. The second-order valence-corrected chi connectivity index (χ2v) is 6.90. The predicted molar refractivity (Wildman–Crippen MR) is 115 cm³/mol. The van der Waals surface area contributed by atoms with Crippen molar-refractivity contribution in [2.75, 3.05) is 0 Å². The minimum atomic E-state index is -0.429. The third-order valence-electron chi connectivity index (χ3n) is 4.93. The summed E-state index contributed by atoms with van der Waals surface area (Å²) < 4.78 is 9.54. The fourth-order valence-corrected chi connectivity index (χ4v) is 3.46. The summed E-state index contributed by atoms with van der Waals surface area (Å²) in [6.07, 6.45) is 7.06. The maximum absolute atomic E-state index is 11.7. The molecule has 0 saturated heterocycles. The lowest BCUT2D eigenvalue weighted by Crippen LogP contribution is -2.04. The fourth-order valence-electron chi connectivity index (χ4n) is 3.46. The fraction of sp³-hybridized carbons (Fsp3) is 0.0435. The van der Waals surface area contributed by atoms with Gasteiger partial charge in [-0.15, -0.1) is 0 Å². The topological polar surface area (TPSA) is 87.5 Å². The molecular weight excluding hydrogens is 394 g/mol. The molecule has 0 unspecified atom stereocenters. The number of para-hydroxylation sites is 1. The monoisotopic (exact) mass is 411 g/mol. The Labute approximate surface area is 177 Å². The molecule has 0 amide bonds. The van der Waals surface area contributed by atoms with Crippen LogP contribution in [0, 0.1) is 10.1 Å². The average Bonchev–Trinajstić information content (AvgIpc) is 3.40. The number of rotatable bonds is 6. The summed E-state index contributed by atoms with van der Waals surface area (Å²) in [6.45, 7) is 0.219. The van der Waals surface area contributed by atoms with Crippen LogP contribution in [0.3, 0.4) is 0 Å². The largest absolute Gasteiger partial charge is 0.480 e. The molecule has 3 heterocycles. The van der Waals surface area contributed by atoms with Gasteiger partial charge < -0.3 is 4.74 Å². The minimum absolute atomic E-state index is 0.0905. The Morgan fingerprint density at radius 1 is 1.00 bits per heavy atom. The highest BCUT2D eigenvalue weighted by Crippen LogP contribution is 2.35. The molecule has 8 heteroatoms. The Bertz CT molecular complexity index is 1360. The van der Waals surface area contributed by atoms with Gasteiger partial charge >= 0.3 is 5.69 Å². The first kappa shape index (κ1) is 18.6. The normalized spacial score (nSPS) is 11.0. The summed E-state index contributed by atoms with van der Waals surface area (Å²) in [4.78, 5) is 15.4. The van der Waals surface area contributed by atoms with Crippen LogP contribution in [0.2, 0.25) is 0 Å². The van der Waals surface area contributed by atoms with Gasteiger partial charge in [0.05, 0.1) is 16.3 Å². The van der Waals surface area contributed by atoms with Gasteiger partial charge in [0.25, 0.3) is 0 Å². The first-order valence-corrected chi connectivity index (χ1v) is 9.62. The van der Waals surface area contributed by atoms with Gasteiger partial charge in [0, 0.05) is 42.5 Å². The molecule has 0 aliphatic heterocycles. The SMILES string of the molecule is O=[N+]([O-])c1cccc(-n2ccn3nc(-c4cccnc4)cc23)c1OCc1ccccc1. The van der Waals surface area contributed by atoms with E-state index in [0.29, 0.717) is 5.69 Å². The zero-order valence-electron chi connectivity index (χ0n) is 16.3. The second-order valence-electron chi connectivity index (χ2n) is 6.90. The molecule has 0 atom stereocenters. The maximum atomic E-state index is 11.7. The predicted octanol–water partition coefficient (Wildman–Crippen LogP) is 4.67. The van der Waals surface area contributed by atoms with Gasteiger partial charge in [-0.1, -0.05) is 36.4 Å². The standard InChI is InChI=1S/C23H17N5O3/c29-28(30)21-10-4-9-20(23(21)31-16-17-6-2-1-3-7-17)26-12-13-27-22(26)14-19(25-27)18-8-5-11-24-15-18/h1-15H,16H2. The van der Waals surface area contributed by atoms with Crippen molar-refractivity contribution in [3.8, 4) is 22.7 Å². The van der Waals surface area contributed by atoms with E-state index >= 15 is 0 Å². The zero-order chi connectivity index (χ0) is 21.2. The molecule has 0 fully saturated rings. The molecule has 0 N–H and O–H groups in total. The van der Waals surface area contributed by atoms with E-state index < -0.39 is 4.92 Å². The van der Waals surface area contributed by atoms with Crippen molar-refractivity contribution in [3.63, 3.8) is 0 Å². The molecule has 5 rings (SSSR count). The van der Waals surface area contributed by atoms with Crippen LogP contribution in [0.1, 0.15) is 5.56 Å². The van der Waals surface area contributed by atoms with Gasteiger partial charge in [-0.2, -0.15) is 5.10 Å². The molecule has 0 aliphatic carbocycles. The third kappa shape index (κ3) is 3.51. The highest BCUT2D eigenvalue weighted by Gasteiger charge is 2.22. The van der Waals surface area contributed by atoms with E-state index in [0.717, 1.165) is 22.5 Å². The van der Waals surface area contributed by atoms with Crippen LogP contribution in [0.5, 0.6) is 5.75 Å². The van der Waals surface area contributed by atoms with Crippen molar-refractivity contribution in [2.45, 2.75) is 6.61 Å². The Morgan fingerprint density at radius 2 is 1.87 bits per heavy atom. The second kappa shape index (κ2) is 7.75. The quantitative estimate of drug-likeness (QED) is 0.299. The summed E-state index contributed by atoms with van der Waals surface area (Å²) >= 11 is 0. The van der Waals surface area contributed by atoms with Crippen LogP contribution in [0.4, 0.5) is 5.69 Å². The van der Waals surface area contributed by atoms with E-state index in [1.165, 1.54) is 6.07 Å². The van der Waals surface area contributed by atoms with Crippen LogP contribution in [0.25, 0.3) is 22.6 Å². The van der Waals surface area contributed by atoms with E-state index in [9.17, 15) is 10.1 Å². The molecular formula is C23H17N5O3. The lowest BCUT2D eigenvalue weighted by Gasteiger charge is -2.13. The molecule has 0 bridgehead atoms. The molecule has 152 valence electrons. The number of aromatic nitrogens is 4. The first-order valence-electron chi connectivity index (χ1n) is 9.62. The summed E-state index contributed by atoms with van der Waals surface area (Å²) in [6, 6.07) is 20.1. The molecule has 3 aromatic heterocycles. The number of nitro groups is 1. The number of fused-ring (bicyclic) bond motifs is 1. The van der Waals surface area contributed by atoms with Crippen LogP contribution in [-0.4, -0.2) is 24.1 Å². The van der Waals surface area contributed by atoms with Gasteiger partial charge in [-0.25, -0.2) is 4.52 Å². The average molecular weight is 411 g/mol. The van der Waals surface area contributed by atoms with E-state index in [1.54, 1.807) is 35.2 Å². The summed E-state index contributed by atoms with van der Waals surface area (Å²) in [5.41, 5.74) is 3.80. The van der Waals surface area contributed by atoms with Crippen LogP contribution in [0.15, 0.2) is 91.5 Å². The Kier molecular flexibility index (Phi) is 4.64. The van der Waals surface area contributed by atoms with Gasteiger partial charge in [0.15, 0.2) is 0 Å². The van der Waals surface area contributed by atoms with Crippen LogP contribution in [-0.2, 0) is 6.61 Å². The number of pyridine rings is 1. The Morgan fingerprint density at radius 3 is 2.65 bits per heavy atom. The zero-order valence-corrected chi connectivity index (χ0v) is 16.3. The van der Waals surface area contributed by atoms with E-state index in [-0.39, 0.29) is 18.0 Å². The maximum Gasteiger partial charge on any atom is 0.313 e. The van der Waals surface area contributed by atoms with Crippen molar-refractivity contribution in [2.24, 2.45) is 0 Å². The van der Waals surface area contributed by atoms with E-state index in [1.807, 2.05) is 59.3 Å². The summed E-state index contributed by atoms with van der Waals surface area (Å²) in [5.74, 6) is 0.207. The van der Waals surface area contributed by atoms with Crippen LogP contribution < -0.4 is 4.74 Å². The number of ether oxygens (including phenoxy) is 1. The van der Waals surface area contributed by atoms with E-state index in [4.69, 9.17) is 4.74 Å². The molecule has 8 nitrogen and oxygen atoms in total. The molecule has 0 aliphatic rings.